The molecule has 1 atom stereocenters. The van der Waals surface area contributed by atoms with Crippen molar-refractivity contribution in [3.63, 3.8) is 0 Å². The number of thioether (sulfide) groups is 1. The lowest BCUT2D eigenvalue weighted by Gasteiger charge is -2.18. The first kappa shape index (κ1) is 22.4. The van der Waals surface area contributed by atoms with Crippen molar-refractivity contribution >= 4 is 35.2 Å². The zero-order valence-corrected chi connectivity index (χ0v) is 16.3. The van der Waals surface area contributed by atoms with Crippen LogP contribution in [-0.2, 0) is 9.59 Å². The average Bonchev–Trinajstić information content (AvgIpc) is 2.62. The van der Waals surface area contributed by atoms with Crippen LogP contribution in [0.2, 0.25) is 0 Å². The maximum absolute atomic E-state index is 12.4. The molecule has 0 radical (unpaired) electrons. The quantitative estimate of drug-likeness (QED) is 0.401. The van der Waals surface area contributed by atoms with Gasteiger partial charge in [-0.1, -0.05) is 6.07 Å². The van der Waals surface area contributed by atoms with Gasteiger partial charge in [0.25, 0.3) is 11.6 Å². The van der Waals surface area contributed by atoms with Crippen LogP contribution in [0.5, 0.6) is 0 Å². The summed E-state index contributed by atoms with van der Waals surface area (Å²) in [6.45, 7) is 3.42. The van der Waals surface area contributed by atoms with Crippen molar-refractivity contribution in [2.75, 3.05) is 18.6 Å². The second-order valence-electron chi connectivity index (χ2n) is 6.05. The third-order valence-electron chi connectivity index (χ3n) is 3.42. The summed E-state index contributed by atoms with van der Waals surface area (Å²) >= 11 is 1.51. The number of hydrogen-bond donors (Lipinski definition) is 3. The normalized spacial score (nSPS) is 11.6. The van der Waals surface area contributed by atoms with Crippen molar-refractivity contribution in [1.82, 2.24) is 16.0 Å². The molecule has 0 bridgehead atoms. The molecule has 0 unspecified atom stereocenters. The van der Waals surface area contributed by atoms with E-state index in [0.29, 0.717) is 12.2 Å². The fourth-order valence-corrected chi connectivity index (χ4v) is 2.64. The number of carbonyl (C=O) groups excluding carboxylic acids is 3. The summed E-state index contributed by atoms with van der Waals surface area (Å²) in [5, 5.41) is 18.6. The minimum atomic E-state index is -0.851. The molecule has 3 N–H and O–H groups in total. The molecule has 0 aliphatic heterocycles. The van der Waals surface area contributed by atoms with Crippen molar-refractivity contribution in [3.05, 3.63) is 39.9 Å². The van der Waals surface area contributed by atoms with Gasteiger partial charge in [0.1, 0.15) is 6.04 Å². The summed E-state index contributed by atoms with van der Waals surface area (Å²) in [7, 11) is 0. The molecule has 0 aliphatic rings. The first-order valence-corrected chi connectivity index (χ1v) is 9.75. The molecule has 0 fully saturated rings. The van der Waals surface area contributed by atoms with Crippen LogP contribution in [0.4, 0.5) is 5.69 Å². The van der Waals surface area contributed by atoms with E-state index in [1.165, 1.54) is 30.0 Å². The van der Waals surface area contributed by atoms with Crippen LogP contribution in [-0.4, -0.2) is 53.3 Å². The Labute approximate surface area is 161 Å². The Morgan fingerprint density at radius 1 is 1.22 bits per heavy atom. The first-order valence-electron chi connectivity index (χ1n) is 8.36. The number of hydrogen-bond acceptors (Lipinski definition) is 6. The molecule has 1 aromatic carbocycles. The van der Waals surface area contributed by atoms with Gasteiger partial charge in [-0.25, -0.2) is 0 Å². The topological polar surface area (TPSA) is 130 Å². The van der Waals surface area contributed by atoms with E-state index in [2.05, 4.69) is 16.0 Å². The zero-order chi connectivity index (χ0) is 20.4. The van der Waals surface area contributed by atoms with Crippen molar-refractivity contribution in [1.29, 1.82) is 0 Å². The van der Waals surface area contributed by atoms with Gasteiger partial charge in [-0.3, -0.25) is 24.5 Å². The van der Waals surface area contributed by atoms with Gasteiger partial charge in [-0.05, 0) is 38.3 Å². The Morgan fingerprint density at radius 3 is 2.52 bits per heavy atom. The zero-order valence-electron chi connectivity index (χ0n) is 15.5. The molecule has 27 heavy (non-hydrogen) atoms. The molecule has 148 valence electrons. The number of nitrogens with one attached hydrogen (secondary N) is 3. The molecule has 0 heterocycles. The minimum absolute atomic E-state index is 0.0461. The van der Waals surface area contributed by atoms with Gasteiger partial charge in [0.15, 0.2) is 0 Å². The van der Waals surface area contributed by atoms with E-state index < -0.39 is 22.8 Å². The highest BCUT2D eigenvalue weighted by Gasteiger charge is 2.22. The molecule has 3 amide bonds. The van der Waals surface area contributed by atoms with E-state index in [1.807, 2.05) is 6.26 Å². The van der Waals surface area contributed by atoms with Crippen LogP contribution in [0.3, 0.4) is 0 Å². The lowest BCUT2D eigenvalue weighted by atomic mass is 10.1. The predicted octanol–water partition coefficient (Wildman–Crippen LogP) is 1.09. The van der Waals surface area contributed by atoms with Crippen molar-refractivity contribution < 1.29 is 19.3 Å². The van der Waals surface area contributed by atoms with Crippen LogP contribution in [0, 0.1) is 10.1 Å². The summed E-state index contributed by atoms with van der Waals surface area (Å²) in [5.41, 5.74) is -0.123. The molecule has 0 saturated heterocycles. The molecule has 1 rings (SSSR count). The molecule has 1 aromatic rings. The van der Waals surface area contributed by atoms with Crippen molar-refractivity contribution in [2.45, 2.75) is 32.4 Å². The Kier molecular flexibility index (Phi) is 9.27. The van der Waals surface area contributed by atoms with Crippen molar-refractivity contribution in [3.8, 4) is 0 Å². The molecule has 0 aliphatic carbocycles. The molecule has 0 aromatic heterocycles. The van der Waals surface area contributed by atoms with Gasteiger partial charge >= 0.3 is 0 Å². The average molecular weight is 396 g/mol. The van der Waals surface area contributed by atoms with Crippen LogP contribution in [0.15, 0.2) is 24.3 Å². The lowest BCUT2D eigenvalue weighted by molar-refractivity contribution is -0.384. The third kappa shape index (κ3) is 8.07. The van der Waals surface area contributed by atoms with Gasteiger partial charge in [-0.2, -0.15) is 11.8 Å². The maximum Gasteiger partial charge on any atom is 0.270 e. The van der Waals surface area contributed by atoms with Gasteiger partial charge in [0, 0.05) is 23.7 Å². The van der Waals surface area contributed by atoms with E-state index >= 15 is 0 Å². The van der Waals surface area contributed by atoms with Gasteiger partial charge < -0.3 is 16.0 Å². The summed E-state index contributed by atoms with van der Waals surface area (Å²) in [6, 6.07) is 4.37. The molecule has 9 nitrogen and oxygen atoms in total. The van der Waals surface area contributed by atoms with Crippen LogP contribution in [0.1, 0.15) is 30.6 Å². The SMILES string of the molecule is CSCC[C@@H](NC(=O)c1cccc([N+](=O)[O-])c1)C(=O)NCC(=O)NC(C)C. The number of benzene rings is 1. The smallest absolute Gasteiger partial charge is 0.270 e. The highest BCUT2D eigenvalue weighted by molar-refractivity contribution is 7.98. The Balaban J connectivity index is 2.76. The van der Waals surface area contributed by atoms with Gasteiger partial charge in [0.2, 0.25) is 11.8 Å². The number of nitro groups is 1. The van der Waals surface area contributed by atoms with E-state index in [0.717, 1.165) is 6.07 Å². The third-order valence-corrected chi connectivity index (χ3v) is 4.07. The first-order chi connectivity index (χ1) is 12.7. The summed E-state index contributed by atoms with van der Waals surface area (Å²) < 4.78 is 0. The van der Waals surface area contributed by atoms with E-state index in [9.17, 15) is 24.5 Å². The van der Waals surface area contributed by atoms with Gasteiger partial charge in [0.05, 0.1) is 11.5 Å². The van der Waals surface area contributed by atoms with Crippen LogP contribution < -0.4 is 16.0 Å². The standard InChI is InChI=1S/C17H24N4O5S/c1-11(2)19-15(22)10-18-17(24)14(7-8-27-3)20-16(23)12-5-4-6-13(9-12)21(25)26/h4-6,9,11,14H,7-8,10H2,1-3H3,(H,18,24)(H,19,22)(H,20,23)/t14-/m1/s1. The monoisotopic (exact) mass is 396 g/mol. The number of nitro benzene ring substituents is 1. The highest BCUT2D eigenvalue weighted by atomic mass is 32.2. The predicted molar refractivity (Wildman–Crippen MR) is 104 cm³/mol. The Bertz CT molecular complexity index is 696. The minimum Gasteiger partial charge on any atom is -0.352 e. The van der Waals surface area contributed by atoms with Crippen LogP contribution >= 0.6 is 11.8 Å². The molecule has 10 heteroatoms. The van der Waals surface area contributed by atoms with E-state index in [4.69, 9.17) is 0 Å². The number of amides is 3. The largest absolute Gasteiger partial charge is 0.352 e. The number of nitrogens with zero attached hydrogens (tertiary/aromatic N) is 1. The summed E-state index contributed by atoms with van der Waals surface area (Å²) in [5.74, 6) is -0.786. The van der Waals surface area contributed by atoms with Crippen LogP contribution in [0.25, 0.3) is 0 Å². The van der Waals surface area contributed by atoms with Crippen molar-refractivity contribution in [2.24, 2.45) is 0 Å². The second-order valence-corrected chi connectivity index (χ2v) is 7.04. The molecular formula is C17H24N4O5S. The van der Waals surface area contributed by atoms with Gasteiger partial charge in [-0.15, -0.1) is 0 Å². The molecule has 0 spiro atoms. The maximum atomic E-state index is 12.4. The lowest BCUT2D eigenvalue weighted by Crippen LogP contribution is -2.49. The van der Waals surface area contributed by atoms with E-state index in [1.54, 1.807) is 13.8 Å². The summed E-state index contributed by atoms with van der Waals surface area (Å²) in [4.78, 5) is 46.6. The molecule has 0 saturated carbocycles. The second kappa shape index (κ2) is 11.2. The number of carbonyl (C=O) groups is 3. The fourth-order valence-electron chi connectivity index (χ4n) is 2.17. The fraction of sp³-hybridized carbons (Fsp3) is 0.471. The van der Waals surface area contributed by atoms with E-state index in [-0.39, 0.29) is 29.7 Å². The number of non-ortho nitro benzene ring substituents is 1. The Morgan fingerprint density at radius 2 is 1.93 bits per heavy atom. The Hall–Kier alpha value is -2.62. The molecular weight excluding hydrogens is 372 g/mol. The summed E-state index contributed by atoms with van der Waals surface area (Å²) in [6.07, 6.45) is 2.23. The highest BCUT2D eigenvalue weighted by Crippen LogP contribution is 2.13. The number of rotatable bonds is 10.